The summed E-state index contributed by atoms with van der Waals surface area (Å²) < 4.78 is 7.38. The third-order valence-corrected chi connectivity index (χ3v) is 5.50. The number of pyridine rings is 2. The molecule has 7 nitrogen and oxygen atoms in total. The maximum atomic E-state index is 5.45. The first-order valence-corrected chi connectivity index (χ1v) is 9.65. The molecule has 3 aromatic heterocycles. The molecule has 27 heavy (non-hydrogen) atoms. The average Bonchev–Trinajstić information content (AvgIpc) is 3.35. The van der Waals surface area contributed by atoms with Crippen molar-refractivity contribution in [1.29, 1.82) is 0 Å². The highest BCUT2D eigenvalue weighted by Crippen LogP contribution is 2.27. The fourth-order valence-corrected chi connectivity index (χ4v) is 4.00. The van der Waals surface area contributed by atoms with Crippen LogP contribution in [0.3, 0.4) is 0 Å². The number of fused-ring (bicyclic) bond motifs is 1. The predicted octanol–water partition coefficient (Wildman–Crippen LogP) is 1.95. The summed E-state index contributed by atoms with van der Waals surface area (Å²) in [5, 5.41) is 4.80. The molecular weight excluding hydrogens is 340 g/mol. The van der Waals surface area contributed by atoms with Crippen LogP contribution in [0, 0.1) is 0 Å². The van der Waals surface area contributed by atoms with Crippen molar-refractivity contribution in [2.45, 2.75) is 18.9 Å². The molecule has 0 spiro atoms. The molecule has 1 atom stereocenters. The van der Waals surface area contributed by atoms with Crippen molar-refractivity contribution in [3.63, 3.8) is 0 Å². The molecule has 0 aliphatic carbocycles. The van der Waals surface area contributed by atoms with E-state index in [0.717, 1.165) is 63.8 Å². The van der Waals surface area contributed by atoms with Crippen LogP contribution >= 0.6 is 0 Å². The van der Waals surface area contributed by atoms with Crippen LogP contribution < -0.4 is 4.90 Å². The predicted molar refractivity (Wildman–Crippen MR) is 103 cm³/mol. The zero-order valence-corrected chi connectivity index (χ0v) is 15.4. The fourth-order valence-electron chi connectivity index (χ4n) is 4.00. The number of morpholine rings is 1. The molecule has 7 heteroatoms. The lowest BCUT2D eigenvalue weighted by atomic mass is 10.1. The minimum absolute atomic E-state index is 0.401. The van der Waals surface area contributed by atoms with Crippen molar-refractivity contribution >= 4 is 11.3 Å². The van der Waals surface area contributed by atoms with E-state index in [4.69, 9.17) is 14.8 Å². The smallest absolute Gasteiger partial charge is 0.156 e. The molecule has 140 valence electrons. The molecular formula is C20H24N6O. The number of hydrogen-bond acceptors (Lipinski definition) is 6. The zero-order chi connectivity index (χ0) is 18.1. The van der Waals surface area contributed by atoms with Gasteiger partial charge in [0.05, 0.1) is 25.1 Å². The van der Waals surface area contributed by atoms with Gasteiger partial charge in [0, 0.05) is 44.5 Å². The van der Waals surface area contributed by atoms with Crippen molar-refractivity contribution in [2.24, 2.45) is 0 Å². The number of hydrogen-bond donors (Lipinski definition) is 0. The van der Waals surface area contributed by atoms with Gasteiger partial charge in [-0.05, 0) is 42.8 Å². The molecule has 2 saturated heterocycles. The van der Waals surface area contributed by atoms with Crippen molar-refractivity contribution in [2.75, 3.05) is 44.3 Å². The summed E-state index contributed by atoms with van der Waals surface area (Å²) >= 11 is 0. The van der Waals surface area contributed by atoms with Crippen LogP contribution in [-0.2, 0) is 11.3 Å². The number of rotatable bonds is 4. The summed E-state index contributed by atoms with van der Waals surface area (Å²) in [5.74, 6) is 1.37. The van der Waals surface area contributed by atoms with E-state index in [1.807, 2.05) is 16.9 Å². The Hall–Kier alpha value is -2.51. The molecule has 2 aliphatic rings. The summed E-state index contributed by atoms with van der Waals surface area (Å²) in [6.45, 7) is 6.50. The molecule has 5 rings (SSSR count). The maximum absolute atomic E-state index is 5.45. The van der Waals surface area contributed by atoms with E-state index in [0.29, 0.717) is 5.92 Å². The number of anilines is 1. The Morgan fingerprint density at radius 2 is 1.89 bits per heavy atom. The first-order chi connectivity index (χ1) is 13.3. The van der Waals surface area contributed by atoms with Crippen LogP contribution in [0.5, 0.6) is 0 Å². The number of likely N-dealkylation sites (tertiary alicyclic amines) is 1. The lowest BCUT2D eigenvalue weighted by molar-refractivity contribution is 0.122. The molecule has 2 aliphatic heterocycles. The molecule has 0 bridgehead atoms. The topological polar surface area (TPSA) is 58.8 Å². The number of ether oxygens (including phenoxy) is 1. The molecule has 0 unspecified atom stereocenters. The second-order valence-electron chi connectivity index (χ2n) is 7.34. The third kappa shape index (κ3) is 3.52. The normalized spacial score (nSPS) is 21.2. The van der Waals surface area contributed by atoms with Gasteiger partial charge in [-0.1, -0.05) is 0 Å². The van der Waals surface area contributed by atoms with Gasteiger partial charge in [0.2, 0.25) is 0 Å². The Morgan fingerprint density at radius 3 is 2.74 bits per heavy atom. The van der Waals surface area contributed by atoms with Crippen LogP contribution in [0.25, 0.3) is 5.65 Å². The first-order valence-electron chi connectivity index (χ1n) is 9.65. The van der Waals surface area contributed by atoms with Gasteiger partial charge < -0.3 is 9.64 Å². The van der Waals surface area contributed by atoms with Crippen molar-refractivity contribution < 1.29 is 4.74 Å². The monoisotopic (exact) mass is 364 g/mol. The zero-order valence-electron chi connectivity index (χ0n) is 15.4. The summed E-state index contributed by atoms with van der Waals surface area (Å²) in [5.41, 5.74) is 3.42. The van der Waals surface area contributed by atoms with E-state index in [1.54, 1.807) is 0 Å². The lowest BCUT2D eigenvalue weighted by Crippen LogP contribution is -2.36. The van der Waals surface area contributed by atoms with Gasteiger partial charge in [-0.3, -0.25) is 9.88 Å². The van der Waals surface area contributed by atoms with Gasteiger partial charge in [-0.2, -0.15) is 5.10 Å². The molecule has 2 fully saturated rings. The Labute approximate surface area is 158 Å². The van der Waals surface area contributed by atoms with Gasteiger partial charge in [-0.15, -0.1) is 0 Å². The van der Waals surface area contributed by atoms with Gasteiger partial charge in [0.25, 0.3) is 0 Å². The van der Waals surface area contributed by atoms with Crippen molar-refractivity contribution in [3.8, 4) is 0 Å². The molecule has 0 aromatic carbocycles. The van der Waals surface area contributed by atoms with Crippen LogP contribution in [0.15, 0.2) is 42.9 Å². The van der Waals surface area contributed by atoms with Gasteiger partial charge in [0.1, 0.15) is 0 Å². The largest absolute Gasteiger partial charge is 0.378 e. The second kappa shape index (κ2) is 7.25. The summed E-state index contributed by atoms with van der Waals surface area (Å²) in [4.78, 5) is 13.7. The Kier molecular flexibility index (Phi) is 4.47. The molecule has 5 heterocycles. The highest BCUT2D eigenvalue weighted by molar-refractivity contribution is 5.51. The summed E-state index contributed by atoms with van der Waals surface area (Å²) in [7, 11) is 0. The molecule has 0 radical (unpaired) electrons. The van der Waals surface area contributed by atoms with E-state index in [9.17, 15) is 0 Å². The van der Waals surface area contributed by atoms with Crippen molar-refractivity contribution in [1.82, 2.24) is 24.5 Å². The minimum Gasteiger partial charge on any atom is -0.378 e. The highest BCUT2D eigenvalue weighted by atomic mass is 16.5. The summed E-state index contributed by atoms with van der Waals surface area (Å²) in [6, 6.07) is 8.39. The standard InChI is InChI=1S/C20H24N6O/c1-2-19-22-20(23-26(19)15-18(1)25-9-11-27-12-10-25)17-5-8-24(14-17)13-16-3-6-21-7-4-16/h1-4,6-7,15,17H,5,8-14H2/t17-/m1/s1. The molecule has 0 amide bonds. The quantitative estimate of drug-likeness (QED) is 0.705. The third-order valence-electron chi connectivity index (χ3n) is 5.50. The van der Waals surface area contributed by atoms with E-state index >= 15 is 0 Å². The lowest BCUT2D eigenvalue weighted by Gasteiger charge is -2.28. The Bertz CT molecular complexity index is 905. The SMILES string of the molecule is c1cc(CN2CC[C@@H](c3nc4ccc(N5CCOCC5)cn4n3)C2)ccn1. The Balaban J connectivity index is 1.30. The second-order valence-corrected chi connectivity index (χ2v) is 7.34. The Morgan fingerprint density at radius 1 is 1.04 bits per heavy atom. The highest BCUT2D eigenvalue weighted by Gasteiger charge is 2.27. The first kappa shape index (κ1) is 16.6. The van der Waals surface area contributed by atoms with Crippen molar-refractivity contribution in [3.05, 3.63) is 54.2 Å². The van der Waals surface area contributed by atoms with Crippen LogP contribution in [0.4, 0.5) is 5.69 Å². The van der Waals surface area contributed by atoms with E-state index in [-0.39, 0.29) is 0 Å². The van der Waals surface area contributed by atoms with Gasteiger partial charge in [0.15, 0.2) is 11.5 Å². The van der Waals surface area contributed by atoms with E-state index in [1.165, 1.54) is 11.3 Å². The molecule has 0 N–H and O–H groups in total. The number of aromatic nitrogens is 4. The van der Waals surface area contributed by atoms with Crippen LogP contribution in [-0.4, -0.2) is 63.9 Å². The fraction of sp³-hybridized carbons (Fsp3) is 0.450. The van der Waals surface area contributed by atoms with Crippen LogP contribution in [0.1, 0.15) is 23.7 Å². The summed E-state index contributed by atoms with van der Waals surface area (Å²) in [6.07, 6.45) is 6.93. The average molecular weight is 364 g/mol. The van der Waals surface area contributed by atoms with Crippen LogP contribution in [0.2, 0.25) is 0 Å². The molecule has 0 saturated carbocycles. The van der Waals surface area contributed by atoms with E-state index in [2.05, 4.69) is 45.2 Å². The minimum atomic E-state index is 0.401. The van der Waals surface area contributed by atoms with Gasteiger partial charge in [-0.25, -0.2) is 9.50 Å². The maximum Gasteiger partial charge on any atom is 0.156 e. The van der Waals surface area contributed by atoms with E-state index < -0.39 is 0 Å². The van der Waals surface area contributed by atoms with Gasteiger partial charge >= 0.3 is 0 Å². The number of nitrogens with zero attached hydrogens (tertiary/aromatic N) is 6. The molecule has 3 aromatic rings.